The molecule has 0 radical (unpaired) electrons. The van der Waals surface area contributed by atoms with Gasteiger partial charge in [0.2, 0.25) is 10.0 Å². The highest BCUT2D eigenvalue weighted by atomic mass is 35.5. The first-order valence-electron chi connectivity index (χ1n) is 15.9. The smallest absolute Gasteiger partial charge is 0.326 e. The maximum absolute atomic E-state index is 13.4. The fourth-order valence-electron chi connectivity index (χ4n) is 7.54. The first-order chi connectivity index (χ1) is 21.2. The highest BCUT2D eigenvalue weighted by Crippen LogP contribution is 2.42. The first kappa shape index (κ1) is 31.1. The molecule has 6 rings (SSSR count). The van der Waals surface area contributed by atoms with Crippen LogP contribution in [-0.2, 0) is 23.0 Å². The molecule has 3 aliphatic heterocycles. The number of imidazole rings is 1. The molecule has 1 N–H and O–H groups in total. The standard InChI is InChI=1S/C33H43ClN6O3S/c1-3-20-44(42,43)37-19-16-32-31(23-37)35-24(2)40(32)30-21-28-14-15-29(22-30)38(28)17-7-18-39(27-8-5-4-6-9-27)33(41)36-26-12-10-25(34)11-13-26/h4-6,8-13,28-30H,3,7,14-23H2,1-2H3,(H,36,41)/t28-,29+,30?. The first-order valence-corrected chi connectivity index (χ1v) is 17.9. The molecule has 2 bridgehead atoms. The molecule has 11 heteroatoms. The van der Waals surface area contributed by atoms with E-state index in [1.165, 1.54) is 18.5 Å². The van der Waals surface area contributed by atoms with Crippen LogP contribution >= 0.6 is 11.6 Å². The Kier molecular flexibility index (Phi) is 9.33. The Morgan fingerprint density at radius 3 is 2.43 bits per heavy atom. The topological polar surface area (TPSA) is 90.8 Å². The van der Waals surface area contributed by atoms with Gasteiger partial charge in [-0.25, -0.2) is 18.2 Å². The molecule has 3 aromatic rings. The zero-order valence-corrected chi connectivity index (χ0v) is 27.2. The van der Waals surface area contributed by atoms with Gasteiger partial charge in [0, 0.05) is 66.3 Å². The lowest BCUT2D eigenvalue weighted by molar-refractivity contribution is 0.104. The van der Waals surface area contributed by atoms with Crippen molar-refractivity contribution in [1.82, 2.24) is 18.8 Å². The van der Waals surface area contributed by atoms with Crippen LogP contribution in [0.15, 0.2) is 54.6 Å². The summed E-state index contributed by atoms with van der Waals surface area (Å²) >= 11 is 6.03. The number of benzene rings is 2. The predicted octanol–water partition coefficient (Wildman–Crippen LogP) is 6.24. The van der Waals surface area contributed by atoms with Gasteiger partial charge >= 0.3 is 6.03 Å². The lowest BCUT2D eigenvalue weighted by atomic mass is 9.96. The minimum absolute atomic E-state index is 0.151. The largest absolute Gasteiger partial charge is 0.329 e. The fraction of sp³-hybridized carbons (Fsp3) is 0.515. The quantitative estimate of drug-likeness (QED) is 0.284. The van der Waals surface area contributed by atoms with Gasteiger partial charge in [0.25, 0.3) is 0 Å². The molecule has 2 amide bonds. The molecular weight excluding hydrogens is 596 g/mol. The highest BCUT2D eigenvalue weighted by molar-refractivity contribution is 7.89. The third kappa shape index (κ3) is 6.54. The number of para-hydroxylation sites is 1. The molecule has 4 heterocycles. The number of nitrogens with one attached hydrogen (secondary N) is 1. The number of aromatic nitrogens is 2. The van der Waals surface area contributed by atoms with Crippen molar-refractivity contribution in [3.63, 3.8) is 0 Å². The zero-order chi connectivity index (χ0) is 30.8. The van der Waals surface area contributed by atoms with Gasteiger partial charge in [-0.15, -0.1) is 0 Å². The maximum Gasteiger partial charge on any atom is 0.326 e. The lowest BCUT2D eigenvalue weighted by Crippen LogP contribution is -2.45. The molecular formula is C33H43ClN6O3S. The lowest BCUT2D eigenvalue weighted by Gasteiger charge is -2.41. The molecule has 0 aliphatic carbocycles. The van der Waals surface area contributed by atoms with Crippen molar-refractivity contribution in [3.05, 3.63) is 76.8 Å². The van der Waals surface area contributed by atoms with E-state index in [0.29, 0.717) is 54.9 Å². The van der Waals surface area contributed by atoms with Crippen LogP contribution in [0.5, 0.6) is 0 Å². The number of hydrogen-bond donors (Lipinski definition) is 1. The van der Waals surface area contributed by atoms with Crippen LogP contribution in [0.25, 0.3) is 0 Å². The number of aryl methyl sites for hydroxylation is 1. The van der Waals surface area contributed by atoms with Crippen molar-refractivity contribution < 1.29 is 13.2 Å². The van der Waals surface area contributed by atoms with Crippen molar-refractivity contribution in [2.45, 2.75) is 83.5 Å². The van der Waals surface area contributed by atoms with Crippen LogP contribution in [0.2, 0.25) is 5.02 Å². The Morgan fingerprint density at radius 1 is 1.05 bits per heavy atom. The number of carbonyl (C=O) groups excluding carboxylic acids is 1. The number of anilines is 2. The molecule has 3 atom stereocenters. The van der Waals surface area contributed by atoms with Crippen LogP contribution in [-0.4, -0.2) is 70.7 Å². The van der Waals surface area contributed by atoms with Crippen LogP contribution in [0.3, 0.4) is 0 Å². The Morgan fingerprint density at radius 2 is 1.75 bits per heavy atom. The summed E-state index contributed by atoms with van der Waals surface area (Å²) in [5.41, 5.74) is 3.75. The van der Waals surface area contributed by atoms with E-state index in [4.69, 9.17) is 16.6 Å². The number of fused-ring (bicyclic) bond motifs is 3. The maximum atomic E-state index is 13.4. The van der Waals surface area contributed by atoms with Crippen LogP contribution < -0.4 is 10.2 Å². The number of rotatable bonds is 10. The van der Waals surface area contributed by atoms with E-state index in [-0.39, 0.29) is 11.8 Å². The van der Waals surface area contributed by atoms with Crippen LogP contribution in [0, 0.1) is 6.92 Å². The van der Waals surface area contributed by atoms with E-state index in [2.05, 4.69) is 21.7 Å². The Balaban J connectivity index is 1.09. The van der Waals surface area contributed by atoms with E-state index in [0.717, 1.165) is 49.4 Å². The number of piperidine rings is 1. The average molecular weight is 639 g/mol. The van der Waals surface area contributed by atoms with E-state index < -0.39 is 10.0 Å². The van der Waals surface area contributed by atoms with Gasteiger partial charge in [-0.3, -0.25) is 9.80 Å². The second-order valence-electron chi connectivity index (χ2n) is 12.3. The summed E-state index contributed by atoms with van der Waals surface area (Å²) in [5.74, 6) is 1.20. The summed E-state index contributed by atoms with van der Waals surface area (Å²) in [6, 6.07) is 18.3. The molecule has 9 nitrogen and oxygen atoms in total. The summed E-state index contributed by atoms with van der Waals surface area (Å²) < 4.78 is 29.5. The SMILES string of the molecule is CCCS(=O)(=O)N1CCc2c(nc(C)n2C2C[C@H]3CC[C@@H](C2)N3CCCN(C(=O)Nc2ccc(Cl)cc2)c2ccccc2)C1. The van der Waals surface area contributed by atoms with Crippen molar-refractivity contribution in [2.24, 2.45) is 0 Å². The summed E-state index contributed by atoms with van der Waals surface area (Å²) in [4.78, 5) is 22.8. The molecule has 2 aromatic carbocycles. The van der Waals surface area contributed by atoms with Gasteiger partial charge in [-0.1, -0.05) is 36.7 Å². The zero-order valence-electron chi connectivity index (χ0n) is 25.7. The number of nitrogens with zero attached hydrogens (tertiary/aromatic N) is 5. The molecule has 1 unspecified atom stereocenters. The van der Waals surface area contributed by atoms with Gasteiger partial charge in [-0.05, 0) is 81.8 Å². The third-order valence-corrected chi connectivity index (χ3v) is 11.8. The molecule has 0 spiro atoms. The fourth-order valence-corrected chi connectivity index (χ4v) is 9.13. The van der Waals surface area contributed by atoms with E-state index in [9.17, 15) is 13.2 Å². The van der Waals surface area contributed by atoms with Crippen molar-refractivity contribution >= 4 is 39.0 Å². The van der Waals surface area contributed by atoms with Crippen LogP contribution in [0.1, 0.15) is 68.7 Å². The second kappa shape index (κ2) is 13.2. The van der Waals surface area contributed by atoms with Crippen molar-refractivity contribution in [2.75, 3.05) is 35.6 Å². The Labute approximate surface area is 266 Å². The third-order valence-electron chi connectivity index (χ3n) is 9.48. The highest BCUT2D eigenvalue weighted by Gasteiger charge is 2.42. The Hall–Kier alpha value is -2.92. The van der Waals surface area contributed by atoms with Gasteiger partial charge < -0.3 is 9.88 Å². The summed E-state index contributed by atoms with van der Waals surface area (Å²) in [5, 5.41) is 3.66. The monoisotopic (exact) mass is 638 g/mol. The average Bonchev–Trinajstić information content (AvgIpc) is 3.46. The molecule has 1 aromatic heterocycles. The summed E-state index contributed by atoms with van der Waals surface area (Å²) in [6.45, 7) is 6.48. The van der Waals surface area contributed by atoms with Crippen LogP contribution in [0.4, 0.5) is 16.2 Å². The number of hydrogen-bond acceptors (Lipinski definition) is 5. The summed E-state index contributed by atoms with van der Waals surface area (Å²) in [7, 11) is -3.23. The molecule has 3 aliphatic rings. The minimum Gasteiger partial charge on any atom is -0.329 e. The molecule has 2 fully saturated rings. The number of amides is 2. The second-order valence-corrected chi connectivity index (χ2v) is 14.9. The van der Waals surface area contributed by atoms with E-state index in [1.54, 1.807) is 16.4 Å². The van der Waals surface area contributed by atoms with E-state index >= 15 is 0 Å². The van der Waals surface area contributed by atoms with Gasteiger partial charge in [0.1, 0.15) is 5.82 Å². The minimum atomic E-state index is -3.23. The van der Waals surface area contributed by atoms with Gasteiger partial charge in [-0.2, -0.15) is 4.31 Å². The normalized spacial score (nSPS) is 22.1. The number of halogens is 1. The number of carbonyl (C=O) groups is 1. The van der Waals surface area contributed by atoms with Gasteiger partial charge in [0.15, 0.2) is 0 Å². The van der Waals surface area contributed by atoms with Crippen molar-refractivity contribution in [1.29, 1.82) is 0 Å². The van der Waals surface area contributed by atoms with E-state index in [1.807, 2.05) is 54.3 Å². The molecule has 2 saturated heterocycles. The number of urea groups is 1. The molecule has 0 saturated carbocycles. The molecule has 236 valence electrons. The van der Waals surface area contributed by atoms with Gasteiger partial charge in [0.05, 0.1) is 18.0 Å². The molecule has 44 heavy (non-hydrogen) atoms. The predicted molar refractivity (Wildman–Crippen MR) is 176 cm³/mol. The Bertz CT molecular complexity index is 1550. The van der Waals surface area contributed by atoms with Crippen molar-refractivity contribution in [3.8, 4) is 0 Å². The summed E-state index contributed by atoms with van der Waals surface area (Å²) in [6.07, 6.45) is 6.78. The number of sulfonamides is 1.